The van der Waals surface area contributed by atoms with E-state index in [1.165, 1.54) is 35.2 Å². The van der Waals surface area contributed by atoms with E-state index in [4.69, 9.17) is 11.6 Å². The maximum atomic E-state index is 15.1. The summed E-state index contributed by atoms with van der Waals surface area (Å²) < 4.78 is 43.5. The number of sulfonamides is 1. The zero-order chi connectivity index (χ0) is 30.1. The number of hydrogen-bond acceptors (Lipinski definition) is 4. The van der Waals surface area contributed by atoms with Gasteiger partial charge >= 0.3 is 0 Å². The molecule has 42 heavy (non-hydrogen) atoms. The lowest BCUT2D eigenvalue weighted by Gasteiger charge is -2.34. The highest BCUT2D eigenvalue weighted by molar-refractivity contribution is 7.92. The highest BCUT2D eigenvalue weighted by Gasteiger charge is 2.35. The molecule has 0 aliphatic carbocycles. The van der Waals surface area contributed by atoms with Crippen LogP contribution in [-0.2, 0) is 32.6 Å². The fraction of sp³-hybridized carbons (Fsp3) is 0.188. The molecule has 0 spiro atoms. The van der Waals surface area contributed by atoms with E-state index in [-0.39, 0.29) is 23.5 Å². The smallest absolute Gasteiger partial charge is 0.264 e. The third-order valence-corrected chi connectivity index (χ3v) is 8.65. The lowest BCUT2D eigenvalue weighted by Crippen LogP contribution is -2.53. The van der Waals surface area contributed by atoms with Crippen molar-refractivity contribution < 1.29 is 22.4 Å². The molecule has 4 aromatic carbocycles. The lowest BCUT2D eigenvalue weighted by atomic mass is 10.0. The number of halogens is 2. The Morgan fingerprint density at radius 3 is 2.05 bits per heavy atom. The Hall–Kier alpha value is -4.21. The Kier molecular flexibility index (Phi) is 10.3. The van der Waals surface area contributed by atoms with Gasteiger partial charge in [-0.1, -0.05) is 84.4 Å². The number of likely N-dealkylation sites (N-methyl/N-ethyl adjacent to an activating group) is 1. The Bertz CT molecular complexity index is 1600. The van der Waals surface area contributed by atoms with Crippen molar-refractivity contribution in [3.63, 3.8) is 0 Å². The molecular formula is C32H31ClFN3O4S. The fourth-order valence-electron chi connectivity index (χ4n) is 4.52. The van der Waals surface area contributed by atoms with E-state index in [1.807, 2.05) is 30.3 Å². The fourth-order valence-corrected chi connectivity index (χ4v) is 6.09. The molecule has 0 radical (unpaired) electrons. The van der Waals surface area contributed by atoms with Gasteiger partial charge in [0, 0.05) is 24.5 Å². The van der Waals surface area contributed by atoms with Gasteiger partial charge < -0.3 is 10.2 Å². The summed E-state index contributed by atoms with van der Waals surface area (Å²) in [5.41, 5.74) is 1.21. The number of carbonyl (C=O) groups is 2. The third kappa shape index (κ3) is 7.54. The normalized spacial score (nSPS) is 11.9. The molecule has 4 aromatic rings. The van der Waals surface area contributed by atoms with Gasteiger partial charge in [-0.3, -0.25) is 13.9 Å². The van der Waals surface area contributed by atoms with Crippen molar-refractivity contribution >= 4 is 39.1 Å². The minimum atomic E-state index is -4.37. The van der Waals surface area contributed by atoms with Gasteiger partial charge in [-0.2, -0.15) is 0 Å². The van der Waals surface area contributed by atoms with E-state index in [0.717, 1.165) is 15.9 Å². The lowest BCUT2D eigenvalue weighted by molar-refractivity contribution is -0.140. The first-order valence-corrected chi connectivity index (χ1v) is 15.2. The zero-order valence-electron chi connectivity index (χ0n) is 23.0. The van der Waals surface area contributed by atoms with Gasteiger partial charge in [0.25, 0.3) is 10.0 Å². The van der Waals surface area contributed by atoms with Crippen LogP contribution in [-0.4, -0.2) is 44.3 Å². The standard InChI is InChI=1S/C32H31ClFN3O4S/c1-2-35-32(39)30(21-24-11-5-3-6-12-24)36(22-25-17-19-26(33)20-18-25)31(38)23-37(29-16-10-9-15-28(29)34)42(40,41)27-13-7-4-8-14-27/h3-20,30H,2,21-23H2,1H3,(H,35,39). The molecular weight excluding hydrogens is 577 g/mol. The second-order valence-electron chi connectivity index (χ2n) is 9.52. The number of benzene rings is 4. The summed E-state index contributed by atoms with van der Waals surface area (Å²) in [6, 6.07) is 27.9. The summed E-state index contributed by atoms with van der Waals surface area (Å²) in [5, 5.41) is 3.30. The molecule has 1 unspecified atom stereocenters. The SMILES string of the molecule is CCNC(=O)C(Cc1ccccc1)N(Cc1ccc(Cl)cc1)C(=O)CN(c1ccccc1F)S(=O)(=O)c1ccccc1. The second-order valence-corrected chi connectivity index (χ2v) is 11.8. The number of para-hydroxylation sites is 1. The first kappa shape index (κ1) is 30.7. The first-order chi connectivity index (χ1) is 20.2. The molecule has 0 fully saturated rings. The molecule has 218 valence electrons. The number of rotatable bonds is 12. The molecule has 0 aliphatic heterocycles. The van der Waals surface area contributed by atoms with Crippen molar-refractivity contribution in [2.45, 2.75) is 30.8 Å². The Balaban J connectivity index is 1.79. The average Bonchev–Trinajstić information content (AvgIpc) is 3.00. The van der Waals surface area contributed by atoms with Gasteiger partial charge in [-0.05, 0) is 54.4 Å². The molecule has 0 aromatic heterocycles. The van der Waals surface area contributed by atoms with E-state index in [0.29, 0.717) is 17.1 Å². The van der Waals surface area contributed by atoms with Crippen LogP contribution in [0.5, 0.6) is 0 Å². The van der Waals surface area contributed by atoms with Gasteiger partial charge in [0.1, 0.15) is 18.4 Å². The highest BCUT2D eigenvalue weighted by atomic mass is 35.5. The van der Waals surface area contributed by atoms with Crippen molar-refractivity contribution in [1.29, 1.82) is 0 Å². The maximum Gasteiger partial charge on any atom is 0.264 e. The van der Waals surface area contributed by atoms with Crippen molar-refractivity contribution in [3.05, 3.63) is 131 Å². The van der Waals surface area contributed by atoms with Crippen molar-refractivity contribution in [2.75, 3.05) is 17.4 Å². The molecule has 0 saturated heterocycles. The average molecular weight is 608 g/mol. The predicted molar refractivity (Wildman–Crippen MR) is 162 cm³/mol. The number of nitrogens with zero attached hydrogens (tertiary/aromatic N) is 2. The van der Waals surface area contributed by atoms with E-state index in [2.05, 4.69) is 5.32 Å². The first-order valence-electron chi connectivity index (χ1n) is 13.4. The van der Waals surface area contributed by atoms with Gasteiger partial charge in [0.05, 0.1) is 10.6 Å². The zero-order valence-corrected chi connectivity index (χ0v) is 24.6. The molecule has 0 aliphatic rings. The van der Waals surface area contributed by atoms with E-state index in [1.54, 1.807) is 49.4 Å². The number of anilines is 1. The molecule has 0 heterocycles. The van der Waals surface area contributed by atoms with Crippen LogP contribution in [0.15, 0.2) is 114 Å². The molecule has 4 rings (SSSR count). The monoisotopic (exact) mass is 607 g/mol. The maximum absolute atomic E-state index is 15.1. The van der Waals surface area contributed by atoms with E-state index >= 15 is 4.39 Å². The van der Waals surface area contributed by atoms with Crippen LogP contribution in [0.1, 0.15) is 18.1 Å². The van der Waals surface area contributed by atoms with Gasteiger partial charge in [0.15, 0.2) is 0 Å². The quantitative estimate of drug-likeness (QED) is 0.232. The number of hydrogen-bond donors (Lipinski definition) is 1. The summed E-state index contributed by atoms with van der Waals surface area (Å²) in [5.74, 6) is -1.88. The molecule has 0 bridgehead atoms. The van der Waals surface area contributed by atoms with Gasteiger partial charge in [0.2, 0.25) is 11.8 Å². The Morgan fingerprint density at radius 2 is 1.43 bits per heavy atom. The largest absolute Gasteiger partial charge is 0.355 e. The van der Waals surface area contributed by atoms with Crippen LogP contribution in [0.25, 0.3) is 0 Å². The summed E-state index contributed by atoms with van der Waals surface area (Å²) in [6.45, 7) is 1.35. The summed E-state index contributed by atoms with van der Waals surface area (Å²) >= 11 is 6.08. The number of nitrogens with one attached hydrogen (secondary N) is 1. The summed E-state index contributed by atoms with van der Waals surface area (Å²) in [4.78, 5) is 28.9. The molecule has 1 N–H and O–H groups in total. The van der Waals surface area contributed by atoms with Crippen LogP contribution < -0.4 is 9.62 Å². The van der Waals surface area contributed by atoms with Crippen molar-refractivity contribution in [2.24, 2.45) is 0 Å². The molecule has 10 heteroatoms. The van der Waals surface area contributed by atoms with Gasteiger partial charge in [-0.15, -0.1) is 0 Å². The molecule has 0 saturated carbocycles. The molecule has 1 atom stereocenters. The van der Waals surface area contributed by atoms with Crippen LogP contribution in [0, 0.1) is 5.82 Å². The van der Waals surface area contributed by atoms with Crippen molar-refractivity contribution in [1.82, 2.24) is 10.2 Å². The van der Waals surface area contributed by atoms with Crippen molar-refractivity contribution in [3.8, 4) is 0 Å². The third-order valence-electron chi connectivity index (χ3n) is 6.62. The topological polar surface area (TPSA) is 86.8 Å². The Labute approximate surface area is 250 Å². The van der Waals surface area contributed by atoms with Gasteiger partial charge in [-0.25, -0.2) is 12.8 Å². The number of amides is 2. The summed E-state index contributed by atoms with van der Waals surface area (Å²) in [7, 11) is -4.37. The van der Waals surface area contributed by atoms with Crippen LogP contribution in [0.4, 0.5) is 10.1 Å². The van der Waals surface area contributed by atoms with Crippen LogP contribution in [0.2, 0.25) is 5.02 Å². The van der Waals surface area contributed by atoms with E-state index < -0.39 is 40.2 Å². The summed E-state index contributed by atoms with van der Waals surface area (Å²) in [6.07, 6.45) is 0.178. The second kappa shape index (κ2) is 14.1. The van der Waals surface area contributed by atoms with Crippen LogP contribution in [0.3, 0.4) is 0 Å². The predicted octanol–water partition coefficient (Wildman–Crippen LogP) is 5.45. The minimum Gasteiger partial charge on any atom is -0.355 e. The van der Waals surface area contributed by atoms with E-state index in [9.17, 15) is 18.0 Å². The van der Waals surface area contributed by atoms with Crippen LogP contribution >= 0.6 is 11.6 Å². The minimum absolute atomic E-state index is 0.0128. The Morgan fingerprint density at radius 1 is 0.833 bits per heavy atom. The molecule has 7 nitrogen and oxygen atoms in total. The number of carbonyl (C=O) groups excluding carboxylic acids is 2. The molecule has 2 amide bonds. The highest BCUT2D eigenvalue weighted by Crippen LogP contribution is 2.27.